The van der Waals surface area contributed by atoms with Crippen molar-refractivity contribution < 1.29 is 14.0 Å². The number of furan rings is 1. The summed E-state index contributed by atoms with van der Waals surface area (Å²) in [6, 6.07) is 9.61. The molecule has 1 aromatic carbocycles. The number of carbonyl (C=O) groups is 2. The van der Waals surface area contributed by atoms with Gasteiger partial charge in [-0.1, -0.05) is 18.2 Å². The van der Waals surface area contributed by atoms with Crippen molar-refractivity contribution in [3.05, 3.63) is 36.1 Å². The number of hydrogen-bond donors (Lipinski definition) is 0. The first-order chi connectivity index (χ1) is 12.0. The zero-order valence-corrected chi connectivity index (χ0v) is 14.8. The summed E-state index contributed by atoms with van der Waals surface area (Å²) in [5.41, 5.74) is 0.414. The molecule has 3 heterocycles. The molecule has 4 rings (SSSR count). The standard InChI is InChI=1S/C20H24N2O3/c1-14(23)21-11-6-10-20(2)18(21)9-5-12-22(20)19(24)17-13-15-7-3-4-8-16(15)25-17/h3-4,7-8,13,18H,5-6,9-12H2,1-2H3/t18-,20+/m1/s1. The third-order valence-electron chi connectivity index (χ3n) is 5.94. The van der Waals surface area contributed by atoms with Crippen LogP contribution in [-0.4, -0.2) is 46.3 Å². The van der Waals surface area contributed by atoms with E-state index in [0.717, 1.165) is 43.2 Å². The third-order valence-corrected chi connectivity index (χ3v) is 5.94. The number of carbonyl (C=O) groups excluding carboxylic acids is 2. The Balaban J connectivity index is 1.68. The number of likely N-dealkylation sites (tertiary alicyclic amines) is 2. The van der Waals surface area contributed by atoms with Crippen LogP contribution in [0, 0.1) is 0 Å². The summed E-state index contributed by atoms with van der Waals surface area (Å²) in [4.78, 5) is 29.2. The van der Waals surface area contributed by atoms with Crippen LogP contribution in [-0.2, 0) is 4.79 Å². The topological polar surface area (TPSA) is 53.8 Å². The summed E-state index contributed by atoms with van der Waals surface area (Å²) in [5.74, 6) is 0.436. The van der Waals surface area contributed by atoms with Crippen LogP contribution in [0.1, 0.15) is 50.1 Å². The molecule has 0 saturated carbocycles. The molecular formula is C20H24N2O3. The fraction of sp³-hybridized carbons (Fsp3) is 0.500. The number of hydrogen-bond acceptors (Lipinski definition) is 3. The van der Waals surface area contributed by atoms with E-state index in [1.165, 1.54) is 0 Å². The molecule has 25 heavy (non-hydrogen) atoms. The predicted molar refractivity (Wildman–Crippen MR) is 95.3 cm³/mol. The van der Waals surface area contributed by atoms with E-state index in [0.29, 0.717) is 12.3 Å². The summed E-state index contributed by atoms with van der Waals surface area (Å²) in [6.07, 6.45) is 3.72. The number of nitrogens with zero attached hydrogens (tertiary/aromatic N) is 2. The van der Waals surface area contributed by atoms with Crippen molar-refractivity contribution in [1.29, 1.82) is 0 Å². The lowest BCUT2D eigenvalue weighted by atomic mass is 9.76. The SMILES string of the molecule is CC(=O)N1CCC[C@@]2(C)[C@H]1CCCN2C(=O)c1cc2ccccc2o1. The van der Waals surface area contributed by atoms with Crippen LogP contribution in [0.25, 0.3) is 11.0 Å². The molecule has 0 aliphatic carbocycles. The minimum Gasteiger partial charge on any atom is -0.451 e. The molecular weight excluding hydrogens is 316 g/mol. The number of rotatable bonds is 1. The zero-order chi connectivity index (χ0) is 17.6. The van der Waals surface area contributed by atoms with Crippen molar-refractivity contribution in [2.24, 2.45) is 0 Å². The van der Waals surface area contributed by atoms with Gasteiger partial charge in [0, 0.05) is 25.4 Å². The van der Waals surface area contributed by atoms with E-state index < -0.39 is 0 Å². The van der Waals surface area contributed by atoms with Crippen LogP contribution < -0.4 is 0 Å². The van der Waals surface area contributed by atoms with Gasteiger partial charge in [0.15, 0.2) is 5.76 Å². The number of fused-ring (bicyclic) bond motifs is 2. The molecule has 0 unspecified atom stereocenters. The highest BCUT2D eigenvalue weighted by molar-refractivity contribution is 5.96. The summed E-state index contributed by atoms with van der Waals surface area (Å²) in [5, 5.41) is 0.943. The summed E-state index contributed by atoms with van der Waals surface area (Å²) >= 11 is 0. The molecule has 2 amide bonds. The van der Waals surface area contributed by atoms with Crippen LogP contribution >= 0.6 is 0 Å². The molecule has 132 valence electrons. The van der Waals surface area contributed by atoms with Gasteiger partial charge in [-0.3, -0.25) is 9.59 Å². The number of piperidine rings is 2. The molecule has 2 atom stereocenters. The molecule has 5 heteroatoms. The van der Waals surface area contributed by atoms with Gasteiger partial charge in [0.2, 0.25) is 5.91 Å². The van der Waals surface area contributed by atoms with Crippen LogP contribution in [0.3, 0.4) is 0 Å². The zero-order valence-electron chi connectivity index (χ0n) is 14.8. The highest BCUT2D eigenvalue weighted by Gasteiger charge is 2.50. The van der Waals surface area contributed by atoms with E-state index in [9.17, 15) is 9.59 Å². The second-order valence-electron chi connectivity index (χ2n) is 7.44. The Morgan fingerprint density at radius 1 is 1.20 bits per heavy atom. The van der Waals surface area contributed by atoms with Gasteiger partial charge in [0.1, 0.15) is 5.58 Å². The molecule has 0 spiro atoms. The summed E-state index contributed by atoms with van der Waals surface area (Å²) < 4.78 is 5.81. The Kier molecular flexibility index (Phi) is 3.82. The number of amides is 2. The Morgan fingerprint density at radius 2 is 2.00 bits per heavy atom. The van der Waals surface area contributed by atoms with E-state index >= 15 is 0 Å². The molecule has 2 saturated heterocycles. The number of para-hydroxylation sites is 1. The average molecular weight is 340 g/mol. The molecule has 0 N–H and O–H groups in total. The lowest BCUT2D eigenvalue weighted by Crippen LogP contribution is -2.68. The first-order valence-electron chi connectivity index (χ1n) is 9.08. The largest absolute Gasteiger partial charge is 0.451 e. The maximum atomic E-state index is 13.2. The van der Waals surface area contributed by atoms with Crippen molar-refractivity contribution in [2.75, 3.05) is 13.1 Å². The lowest BCUT2D eigenvalue weighted by Gasteiger charge is -2.56. The minimum absolute atomic E-state index is 0.0613. The second kappa shape index (κ2) is 5.90. The van der Waals surface area contributed by atoms with Crippen molar-refractivity contribution in [3.8, 4) is 0 Å². The summed E-state index contributed by atoms with van der Waals surface area (Å²) in [7, 11) is 0. The maximum absolute atomic E-state index is 13.2. The van der Waals surface area contributed by atoms with E-state index in [1.807, 2.05) is 40.1 Å². The van der Waals surface area contributed by atoms with Crippen LogP contribution in [0.15, 0.2) is 34.7 Å². The monoisotopic (exact) mass is 340 g/mol. The van der Waals surface area contributed by atoms with Crippen molar-refractivity contribution in [2.45, 2.75) is 51.1 Å². The first kappa shape index (κ1) is 16.2. The summed E-state index contributed by atoms with van der Waals surface area (Å²) in [6.45, 7) is 5.27. The molecule has 2 aliphatic rings. The Morgan fingerprint density at radius 3 is 2.76 bits per heavy atom. The molecule has 2 aliphatic heterocycles. The second-order valence-corrected chi connectivity index (χ2v) is 7.44. The van der Waals surface area contributed by atoms with Crippen LogP contribution in [0.2, 0.25) is 0 Å². The fourth-order valence-electron chi connectivity index (χ4n) is 4.68. The molecule has 1 aromatic heterocycles. The van der Waals surface area contributed by atoms with E-state index in [-0.39, 0.29) is 23.4 Å². The van der Waals surface area contributed by atoms with E-state index in [1.54, 1.807) is 6.92 Å². The third kappa shape index (κ3) is 2.53. The van der Waals surface area contributed by atoms with E-state index in [2.05, 4.69) is 6.92 Å². The van der Waals surface area contributed by atoms with Gasteiger partial charge >= 0.3 is 0 Å². The molecule has 0 bridgehead atoms. The van der Waals surface area contributed by atoms with Gasteiger partial charge in [-0.25, -0.2) is 0 Å². The van der Waals surface area contributed by atoms with Crippen molar-refractivity contribution in [3.63, 3.8) is 0 Å². The Hall–Kier alpha value is -2.30. The van der Waals surface area contributed by atoms with Crippen LogP contribution in [0.5, 0.6) is 0 Å². The average Bonchev–Trinajstić information content (AvgIpc) is 3.03. The smallest absolute Gasteiger partial charge is 0.290 e. The van der Waals surface area contributed by atoms with E-state index in [4.69, 9.17) is 4.42 Å². The quantitative estimate of drug-likeness (QED) is 0.799. The molecule has 2 fully saturated rings. The van der Waals surface area contributed by atoms with Crippen LogP contribution in [0.4, 0.5) is 0 Å². The number of benzene rings is 1. The highest BCUT2D eigenvalue weighted by atomic mass is 16.3. The fourth-order valence-corrected chi connectivity index (χ4v) is 4.68. The minimum atomic E-state index is -0.321. The maximum Gasteiger partial charge on any atom is 0.290 e. The lowest BCUT2D eigenvalue weighted by molar-refractivity contribution is -0.140. The first-order valence-corrected chi connectivity index (χ1v) is 9.08. The van der Waals surface area contributed by atoms with Gasteiger partial charge in [-0.2, -0.15) is 0 Å². The van der Waals surface area contributed by atoms with Crippen molar-refractivity contribution >= 4 is 22.8 Å². The van der Waals surface area contributed by atoms with Gasteiger partial charge in [-0.05, 0) is 44.7 Å². The normalized spacial score (nSPS) is 26.6. The molecule has 0 radical (unpaired) electrons. The van der Waals surface area contributed by atoms with Crippen molar-refractivity contribution in [1.82, 2.24) is 9.80 Å². The molecule has 2 aromatic rings. The Bertz CT molecular complexity index is 794. The van der Waals surface area contributed by atoms with Gasteiger partial charge in [0.05, 0.1) is 11.6 Å². The molecule has 5 nitrogen and oxygen atoms in total. The van der Waals surface area contributed by atoms with Gasteiger partial charge in [-0.15, -0.1) is 0 Å². The Labute approximate surface area is 147 Å². The highest BCUT2D eigenvalue weighted by Crippen LogP contribution is 2.40. The van der Waals surface area contributed by atoms with Gasteiger partial charge < -0.3 is 14.2 Å². The predicted octanol–water partition coefficient (Wildman–Crippen LogP) is 3.44. The van der Waals surface area contributed by atoms with Gasteiger partial charge in [0.25, 0.3) is 5.91 Å².